The topological polar surface area (TPSA) is 157 Å². The van der Waals surface area contributed by atoms with Crippen molar-refractivity contribution in [2.75, 3.05) is 37.2 Å². The molecule has 1 fully saturated rings. The van der Waals surface area contributed by atoms with E-state index in [-0.39, 0.29) is 16.3 Å². The fraction of sp³-hybridized carbons (Fsp3) is 0.188. The lowest BCUT2D eigenvalue weighted by Gasteiger charge is -2.26. The Morgan fingerprint density at radius 1 is 0.956 bits per heavy atom. The number of nitrogen functional groups attached to an aromatic ring is 1. The SMILES string of the molecule is Cc1c(C(=O)Nc2ccc(-c3nc(-c4cccc(S(=O)(=O)N5CCNCC5)c4)cnc3N)cc2)c(=O)n(-c2ccccc2)n1C. The van der Waals surface area contributed by atoms with Gasteiger partial charge >= 0.3 is 0 Å². The van der Waals surface area contributed by atoms with Crippen molar-refractivity contribution in [2.24, 2.45) is 7.05 Å². The predicted octanol–water partition coefficient (Wildman–Crippen LogP) is 3.04. The fourth-order valence-electron chi connectivity index (χ4n) is 5.33. The number of para-hydroxylation sites is 1. The van der Waals surface area contributed by atoms with Crippen LogP contribution in [0.1, 0.15) is 16.1 Å². The van der Waals surface area contributed by atoms with Crippen molar-refractivity contribution in [3.05, 3.63) is 107 Å². The number of nitrogens with one attached hydrogen (secondary N) is 2. The number of amides is 1. The molecule has 0 atom stereocenters. The van der Waals surface area contributed by atoms with E-state index in [0.717, 1.165) is 0 Å². The van der Waals surface area contributed by atoms with Crippen LogP contribution >= 0.6 is 0 Å². The molecule has 0 saturated carbocycles. The first-order valence-corrected chi connectivity index (χ1v) is 15.8. The quantitative estimate of drug-likeness (QED) is 0.249. The number of anilines is 2. The maximum Gasteiger partial charge on any atom is 0.284 e. The molecule has 0 radical (unpaired) electrons. The monoisotopic (exact) mass is 624 g/mol. The van der Waals surface area contributed by atoms with E-state index in [1.807, 2.05) is 18.2 Å². The molecule has 0 bridgehead atoms. The van der Waals surface area contributed by atoms with E-state index in [9.17, 15) is 18.0 Å². The molecule has 1 saturated heterocycles. The maximum absolute atomic E-state index is 13.2. The molecule has 12 nitrogen and oxygen atoms in total. The molecule has 2 aromatic heterocycles. The van der Waals surface area contributed by atoms with Gasteiger partial charge in [-0.15, -0.1) is 0 Å². The van der Waals surface area contributed by atoms with Crippen LogP contribution in [0.5, 0.6) is 0 Å². The van der Waals surface area contributed by atoms with Gasteiger partial charge in [0, 0.05) is 50.0 Å². The number of aromatic nitrogens is 4. The van der Waals surface area contributed by atoms with Crippen LogP contribution in [-0.2, 0) is 17.1 Å². The van der Waals surface area contributed by atoms with E-state index < -0.39 is 21.5 Å². The largest absolute Gasteiger partial charge is 0.382 e. The molecule has 3 heterocycles. The highest BCUT2D eigenvalue weighted by molar-refractivity contribution is 7.89. The Bertz CT molecular complexity index is 2050. The van der Waals surface area contributed by atoms with Crippen molar-refractivity contribution < 1.29 is 13.2 Å². The number of nitrogens with zero attached hydrogens (tertiary/aromatic N) is 5. The molecular weight excluding hydrogens is 592 g/mol. The van der Waals surface area contributed by atoms with Crippen LogP contribution in [0.15, 0.2) is 94.7 Å². The number of hydrogen-bond acceptors (Lipinski definition) is 8. The highest BCUT2D eigenvalue weighted by Crippen LogP contribution is 2.29. The van der Waals surface area contributed by atoms with E-state index in [1.54, 1.807) is 79.3 Å². The normalized spacial score (nSPS) is 13.9. The predicted molar refractivity (Wildman–Crippen MR) is 173 cm³/mol. The third kappa shape index (κ3) is 5.76. The molecule has 0 spiro atoms. The molecule has 4 N–H and O–H groups in total. The van der Waals surface area contributed by atoms with Gasteiger partial charge in [-0.25, -0.2) is 23.1 Å². The number of carbonyl (C=O) groups excluding carboxylic acids is 1. The summed E-state index contributed by atoms with van der Waals surface area (Å²) >= 11 is 0. The third-order valence-electron chi connectivity index (χ3n) is 7.84. The summed E-state index contributed by atoms with van der Waals surface area (Å²) in [6, 6.07) is 22.6. The van der Waals surface area contributed by atoms with Crippen LogP contribution in [0.4, 0.5) is 11.5 Å². The van der Waals surface area contributed by atoms with Gasteiger partial charge in [-0.05, 0) is 43.3 Å². The molecule has 3 aromatic carbocycles. The maximum atomic E-state index is 13.2. The minimum atomic E-state index is -3.65. The Balaban J connectivity index is 1.24. The van der Waals surface area contributed by atoms with Crippen LogP contribution in [0.2, 0.25) is 0 Å². The van der Waals surface area contributed by atoms with E-state index in [2.05, 4.69) is 15.6 Å². The number of benzene rings is 3. The second kappa shape index (κ2) is 12.1. The molecule has 1 amide bonds. The van der Waals surface area contributed by atoms with Crippen LogP contribution < -0.4 is 21.9 Å². The van der Waals surface area contributed by atoms with Crippen molar-refractivity contribution in [3.63, 3.8) is 0 Å². The highest BCUT2D eigenvalue weighted by atomic mass is 32.2. The summed E-state index contributed by atoms with van der Waals surface area (Å²) in [4.78, 5) is 35.7. The first-order chi connectivity index (χ1) is 21.6. The first-order valence-electron chi connectivity index (χ1n) is 14.3. The van der Waals surface area contributed by atoms with Crippen molar-refractivity contribution in [2.45, 2.75) is 11.8 Å². The zero-order valence-electron chi connectivity index (χ0n) is 24.8. The zero-order chi connectivity index (χ0) is 31.7. The van der Waals surface area contributed by atoms with Crippen LogP contribution in [0, 0.1) is 6.92 Å². The minimum absolute atomic E-state index is 0.0504. The molecular formula is C32H32N8O4S. The van der Waals surface area contributed by atoms with Crippen molar-refractivity contribution in [1.29, 1.82) is 0 Å². The Morgan fingerprint density at radius 3 is 2.38 bits per heavy atom. The number of nitrogens with two attached hydrogens (primary N) is 1. The Kier molecular flexibility index (Phi) is 8.06. The van der Waals surface area contributed by atoms with E-state index in [0.29, 0.717) is 65.8 Å². The van der Waals surface area contributed by atoms with Crippen molar-refractivity contribution in [1.82, 2.24) is 29.0 Å². The molecule has 0 unspecified atom stereocenters. The first kappa shape index (κ1) is 29.9. The molecule has 1 aliphatic rings. The van der Waals surface area contributed by atoms with Crippen molar-refractivity contribution in [3.8, 4) is 28.2 Å². The Morgan fingerprint density at radius 2 is 1.67 bits per heavy atom. The average molecular weight is 625 g/mol. The summed E-state index contributed by atoms with van der Waals surface area (Å²) in [6.07, 6.45) is 1.51. The van der Waals surface area contributed by atoms with Crippen LogP contribution in [0.3, 0.4) is 0 Å². The van der Waals surface area contributed by atoms with Gasteiger partial charge in [0.2, 0.25) is 10.0 Å². The van der Waals surface area contributed by atoms with Gasteiger partial charge in [-0.2, -0.15) is 4.31 Å². The molecule has 6 rings (SSSR count). The van der Waals surface area contributed by atoms with Gasteiger partial charge < -0.3 is 16.4 Å². The summed E-state index contributed by atoms with van der Waals surface area (Å²) in [6.45, 7) is 3.75. The lowest BCUT2D eigenvalue weighted by molar-refractivity contribution is 0.102. The van der Waals surface area contributed by atoms with E-state index in [4.69, 9.17) is 10.7 Å². The van der Waals surface area contributed by atoms with Gasteiger partial charge in [0.1, 0.15) is 17.1 Å². The molecule has 5 aromatic rings. The van der Waals surface area contributed by atoms with Crippen LogP contribution in [-0.4, -0.2) is 64.1 Å². The molecule has 1 aliphatic heterocycles. The molecule has 45 heavy (non-hydrogen) atoms. The van der Waals surface area contributed by atoms with Gasteiger partial charge in [0.05, 0.1) is 28.2 Å². The van der Waals surface area contributed by atoms with Gasteiger partial charge in [-0.3, -0.25) is 14.3 Å². The van der Waals surface area contributed by atoms with Gasteiger partial charge in [0.25, 0.3) is 11.5 Å². The Labute approximate surface area is 260 Å². The van der Waals surface area contributed by atoms with Crippen molar-refractivity contribution >= 4 is 27.4 Å². The summed E-state index contributed by atoms with van der Waals surface area (Å²) in [5.41, 5.74) is 9.60. The average Bonchev–Trinajstić information content (AvgIpc) is 3.29. The van der Waals surface area contributed by atoms with Gasteiger partial charge in [0.15, 0.2) is 0 Å². The standard InChI is InChI=1S/C32H32N8O4S/c1-21-28(32(42)40(38(21)2)25-8-4-3-5-9-25)31(41)36-24-13-11-22(12-14-24)29-30(33)35-20-27(37-29)23-7-6-10-26(19-23)45(43,44)39-17-15-34-16-18-39/h3-14,19-20,34H,15-18H2,1-2H3,(H2,33,35)(H,36,41). The number of rotatable bonds is 7. The Hall–Kier alpha value is -5.11. The number of sulfonamides is 1. The summed E-state index contributed by atoms with van der Waals surface area (Å²) in [5.74, 6) is -0.325. The highest BCUT2D eigenvalue weighted by Gasteiger charge is 2.26. The number of hydrogen-bond donors (Lipinski definition) is 3. The van der Waals surface area contributed by atoms with Gasteiger partial charge in [-0.1, -0.05) is 42.5 Å². The summed E-state index contributed by atoms with van der Waals surface area (Å²) in [7, 11) is -1.92. The number of piperazine rings is 1. The lowest BCUT2D eigenvalue weighted by atomic mass is 10.1. The fourth-order valence-corrected chi connectivity index (χ4v) is 6.82. The van der Waals surface area contributed by atoms with E-state index >= 15 is 0 Å². The third-order valence-corrected chi connectivity index (χ3v) is 9.74. The molecule has 0 aliphatic carbocycles. The van der Waals surface area contributed by atoms with E-state index in [1.165, 1.54) is 15.2 Å². The van der Waals surface area contributed by atoms with Crippen LogP contribution in [0.25, 0.3) is 28.2 Å². The summed E-state index contributed by atoms with van der Waals surface area (Å²) < 4.78 is 31.0. The lowest BCUT2D eigenvalue weighted by Crippen LogP contribution is -2.46. The minimum Gasteiger partial charge on any atom is -0.382 e. The number of carbonyl (C=O) groups is 1. The zero-order valence-corrected chi connectivity index (χ0v) is 25.6. The second-order valence-electron chi connectivity index (χ2n) is 10.6. The summed E-state index contributed by atoms with van der Waals surface area (Å²) in [5, 5.41) is 5.98. The second-order valence-corrected chi connectivity index (χ2v) is 12.6. The molecule has 13 heteroatoms. The smallest absolute Gasteiger partial charge is 0.284 e. The molecule has 230 valence electrons.